The fourth-order valence-corrected chi connectivity index (χ4v) is 6.86. The average molecular weight is 395 g/mol. The highest BCUT2D eigenvalue weighted by Crippen LogP contribution is 2.65. The van der Waals surface area contributed by atoms with Crippen LogP contribution in [-0.2, 0) is 16.6 Å². The van der Waals surface area contributed by atoms with Gasteiger partial charge in [0, 0.05) is 24.6 Å². The second kappa shape index (κ2) is 5.55. The lowest BCUT2D eigenvalue weighted by Gasteiger charge is -2.62. The Hall–Kier alpha value is -1.59. The van der Waals surface area contributed by atoms with Crippen LogP contribution in [0.3, 0.4) is 0 Å². The molecule has 7 rings (SSSR count). The zero-order chi connectivity index (χ0) is 19.4. The quantitative estimate of drug-likeness (QED) is 0.831. The Balaban J connectivity index is 1.37. The monoisotopic (exact) mass is 395 g/mol. The Bertz CT molecular complexity index is 906. The summed E-state index contributed by atoms with van der Waals surface area (Å²) in [5.74, 6) is 3.14. The molecule has 2 bridgehead atoms. The van der Waals surface area contributed by atoms with Gasteiger partial charge in [0.15, 0.2) is 23.4 Å². The number of rotatable bonds is 5. The SMILES string of the molecule is O=C1CCC2(O)C3Cc4ccc(OCC5CC5)c5c4[C@]2(CCN3CC2CC2)[C@@H]1O5. The topological polar surface area (TPSA) is 59.0 Å². The molecule has 29 heavy (non-hydrogen) atoms. The number of ether oxygens (including phenoxy) is 2. The molecule has 6 aliphatic rings. The molecule has 154 valence electrons. The molecule has 4 atom stereocenters. The van der Waals surface area contributed by atoms with Crippen molar-refractivity contribution in [1.82, 2.24) is 4.90 Å². The Morgan fingerprint density at radius 3 is 2.79 bits per heavy atom. The van der Waals surface area contributed by atoms with Crippen molar-refractivity contribution in [3.8, 4) is 11.5 Å². The minimum Gasteiger partial charge on any atom is -0.489 e. The predicted octanol–water partition coefficient (Wildman–Crippen LogP) is 2.61. The van der Waals surface area contributed by atoms with Crippen LogP contribution in [0.15, 0.2) is 12.1 Å². The first-order valence-corrected chi connectivity index (χ1v) is 11.5. The first kappa shape index (κ1) is 17.1. The van der Waals surface area contributed by atoms with Gasteiger partial charge in [0.2, 0.25) is 0 Å². The maximum atomic E-state index is 13.0. The summed E-state index contributed by atoms with van der Waals surface area (Å²) >= 11 is 0. The first-order chi connectivity index (χ1) is 14.1. The third-order valence-electron chi connectivity index (χ3n) is 8.71. The number of aliphatic hydroxyl groups is 1. The van der Waals surface area contributed by atoms with Crippen LogP contribution in [0.25, 0.3) is 0 Å². The molecular formula is C24H29NO4. The molecule has 0 amide bonds. The standard InChI is InChI=1S/C24H29NO4/c26-17-7-8-24(27)19-11-16-5-6-18(28-13-15-3-4-15)21-20(16)23(24,22(17)29-21)9-10-25(19)12-14-1-2-14/h5-6,14-15,19,22,27H,1-4,7-13H2/t19?,22-,23-,24?/m1/s1. The number of hydrogen-bond donors (Lipinski definition) is 1. The van der Waals surface area contributed by atoms with Crippen LogP contribution >= 0.6 is 0 Å². The molecule has 3 saturated carbocycles. The molecule has 4 fully saturated rings. The molecule has 5 nitrogen and oxygen atoms in total. The third kappa shape index (κ3) is 2.16. The highest BCUT2D eigenvalue weighted by Gasteiger charge is 2.73. The van der Waals surface area contributed by atoms with E-state index in [2.05, 4.69) is 11.0 Å². The molecule has 1 aromatic carbocycles. The van der Waals surface area contributed by atoms with Crippen LogP contribution in [0, 0.1) is 11.8 Å². The van der Waals surface area contributed by atoms with Crippen molar-refractivity contribution in [2.24, 2.45) is 11.8 Å². The number of benzene rings is 1. The lowest BCUT2D eigenvalue weighted by Crippen LogP contribution is -2.76. The van der Waals surface area contributed by atoms with Crippen molar-refractivity contribution in [2.75, 3.05) is 19.7 Å². The molecule has 2 unspecified atom stereocenters. The summed E-state index contributed by atoms with van der Waals surface area (Å²) < 4.78 is 12.6. The second-order valence-electron chi connectivity index (χ2n) is 10.4. The number of likely N-dealkylation sites (tertiary alicyclic amines) is 1. The Morgan fingerprint density at radius 2 is 2.00 bits per heavy atom. The largest absolute Gasteiger partial charge is 0.489 e. The van der Waals surface area contributed by atoms with E-state index in [1.807, 2.05) is 6.07 Å². The van der Waals surface area contributed by atoms with Crippen LogP contribution in [0.1, 0.15) is 56.1 Å². The smallest absolute Gasteiger partial charge is 0.174 e. The third-order valence-corrected chi connectivity index (χ3v) is 8.71. The van der Waals surface area contributed by atoms with Gasteiger partial charge in [0.1, 0.15) is 0 Å². The molecule has 1 N–H and O–H groups in total. The number of carbonyl (C=O) groups excluding carboxylic acids is 1. The number of nitrogens with zero attached hydrogens (tertiary/aromatic N) is 1. The van der Waals surface area contributed by atoms with Gasteiger partial charge in [-0.15, -0.1) is 0 Å². The van der Waals surface area contributed by atoms with Crippen LogP contribution < -0.4 is 9.47 Å². The predicted molar refractivity (Wildman–Crippen MR) is 106 cm³/mol. The lowest BCUT2D eigenvalue weighted by molar-refractivity contribution is -0.188. The van der Waals surface area contributed by atoms with Crippen LogP contribution in [0.5, 0.6) is 11.5 Å². The minimum absolute atomic E-state index is 0.0905. The van der Waals surface area contributed by atoms with E-state index in [1.165, 1.54) is 31.2 Å². The Kier molecular flexibility index (Phi) is 3.28. The summed E-state index contributed by atoms with van der Waals surface area (Å²) in [5, 5.41) is 12.2. The number of ketones is 1. The van der Waals surface area contributed by atoms with Crippen molar-refractivity contribution in [1.29, 1.82) is 0 Å². The van der Waals surface area contributed by atoms with E-state index in [9.17, 15) is 9.90 Å². The summed E-state index contributed by atoms with van der Waals surface area (Å²) in [6, 6.07) is 4.31. The van der Waals surface area contributed by atoms with E-state index >= 15 is 0 Å². The van der Waals surface area contributed by atoms with Gasteiger partial charge < -0.3 is 14.6 Å². The molecule has 1 aromatic rings. The number of Topliss-reactive ketones (excluding diaryl/α,β-unsaturated/α-hetero) is 1. The molecule has 0 radical (unpaired) electrons. The molecule has 2 heterocycles. The molecule has 0 aromatic heterocycles. The number of piperidine rings is 1. The van der Waals surface area contributed by atoms with E-state index in [1.54, 1.807) is 0 Å². The highest BCUT2D eigenvalue weighted by molar-refractivity contribution is 5.90. The molecule has 4 aliphatic carbocycles. The fraction of sp³-hybridized carbons (Fsp3) is 0.708. The Morgan fingerprint density at radius 1 is 1.17 bits per heavy atom. The maximum absolute atomic E-state index is 13.0. The van der Waals surface area contributed by atoms with Crippen molar-refractivity contribution in [2.45, 2.75) is 74.5 Å². The van der Waals surface area contributed by atoms with Crippen molar-refractivity contribution < 1.29 is 19.4 Å². The van der Waals surface area contributed by atoms with Gasteiger partial charge in [0.05, 0.1) is 17.6 Å². The van der Waals surface area contributed by atoms with E-state index in [-0.39, 0.29) is 11.8 Å². The van der Waals surface area contributed by atoms with Gasteiger partial charge in [-0.05, 0) is 75.0 Å². The molecule has 2 aliphatic heterocycles. The van der Waals surface area contributed by atoms with Gasteiger partial charge in [0.25, 0.3) is 0 Å². The molecule has 5 heteroatoms. The van der Waals surface area contributed by atoms with E-state index < -0.39 is 17.1 Å². The lowest BCUT2D eigenvalue weighted by atomic mass is 9.49. The van der Waals surface area contributed by atoms with Crippen LogP contribution in [0.4, 0.5) is 0 Å². The van der Waals surface area contributed by atoms with Crippen molar-refractivity contribution in [3.63, 3.8) is 0 Å². The summed E-state index contributed by atoms with van der Waals surface area (Å²) in [7, 11) is 0. The van der Waals surface area contributed by atoms with E-state index in [0.29, 0.717) is 18.8 Å². The number of carbonyl (C=O) groups is 1. The van der Waals surface area contributed by atoms with Crippen LogP contribution in [-0.4, -0.2) is 53.2 Å². The normalized spacial score (nSPS) is 39.8. The van der Waals surface area contributed by atoms with Gasteiger partial charge in [-0.3, -0.25) is 9.69 Å². The maximum Gasteiger partial charge on any atom is 0.174 e. The van der Waals surface area contributed by atoms with Gasteiger partial charge in [-0.25, -0.2) is 0 Å². The summed E-state index contributed by atoms with van der Waals surface area (Å²) in [4.78, 5) is 15.6. The summed E-state index contributed by atoms with van der Waals surface area (Å²) in [6.07, 6.45) is 7.19. The molecule has 1 spiro atoms. The van der Waals surface area contributed by atoms with Crippen LogP contribution in [0.2, 0.25) is 0 Å². The second-order valence-corrected chi connectivity index (χ2v) is 10.4. The molecule has 1 saturated heterocycles. The first-order valence-electron chi connectivity index (χ1n) is 11.5. The zero-order valence-corrected chi connectivity index (χ0v) is 16.9. The highest BCUT2D eigenvalue weighted by atomic mass is 16.5. The number of hydrogen-bond acceptors (Lipinski definition) is 5. The van der Waals surface area contributed by atoms with Crippen molar-refractivity contribution in [3.05, 3.63) is 23.3 Å². The zero-order valence-electron chi connectivity index (χ0n) is 16.9. The molecular weight excluding hydrogens is 366 g/mol. The van der Waals surface area contributed by atoms with Gasteiger partial charge in [-0.2, -0.15) is 0 Å². The Labute approximate surface area is 171 Å². The minimum atomic E-state index is -0.883. The van der Waals surface area contributed by atoms with E-state index in [0.717, 1.165) is 55.5 Å². The average Bonchev–Trinajstić information content (AvgIpc) is 3.63. The fourth-order valence-electron chi connectivity index (χ4n) is 6.86. The summed E-state index contributed by atoms with van der Waals surface area (Å²) in [5.41, 5.74) is 0.890. The van der Waals surface area contributed by atoms with Gasteiger partial charge >= 0.3 is 0 Å². The summed E-state index contributed by atoms with van der Waals surface area (Å²) in [6.45, 7) is 2.76. The van der Waals surface area contributed by atoms with Crippen molar-refractivity contribution >= 4 is 5.78 Å². The van der Waals surface area contributed by atoms with E-state index in [4.69, 9.17) is 9.47 Å². The van der Waals surface area contributed by atoms with Gasteiger partial charge in [-0.1, -0.05) is 6.07 Å².